The number of piperidine rings is 1. The summed E-state index contributed by atoms with van der Waals surface area (Å²) in [7, 11) is 0. The zero-order valence-corrected chi connectivity index (χ0v) is 14.7. The molecule has 1 aliphatic rings. The van der Waals surface area contributed by atoms with Gasteiger partial charge in [-0.3, -0.25) is 0 Å². The summed E-state index contributed by atoms with van der Waals surface area (Å²) in [4.78, 5) is 19.4. The molecule has 1 fully saturated rings. The molecule has 0 unspecified atom stereocenters. The Morgan fingerprint density at radius 1 is 1.04 bits per heavy atom. The summed E-state index contributed by atoms with van der Waals surface area (Å²) in [6.45, 7) is 4.10. The zero-order valence-electron chi connectivity index (χ0n) is 14.7. The molecular formula is C18H21N7O. The fourth-order valence-corrected chi connectivity index (χ4v) is 3.03. The van der Waals surface area contributed by atoms with Gasteiger partial charge in [-0.1, -0.05) is 42.4 Å². The van der Waals surface area contributed by atoms with Gasteiger partial charge in [0.1, 0.15) is 5.82 Å². The average molecular weight is 351 g/mol. The maximum absolute atomic E-state index is 5.86. The van der Waals surface area contributed by atoms with E-state index in [1.165, 1.54) is 0 Å². The lowest BCUT2D eigenvalue weighted by Crippen LogP contribution is -2.32. The topological polar surface area (TPSA) is 107 Å². The minimum atomic E-state index is 0.152. The zero-order chi connectivity index (χ0) is 17.9. The summed E-state index contributed by atoms with van der Waals surface area (Å²) in [5.41, 5.74) is 6.95. The van der Waals surface area contributed by atoms with Crippen LogP contribution in [0.4, 0.5) is 12.0 Å². The molecule has 0 amide bonds. The second-order valence-electron chi connectivity index (χ2n) is 6.67. The van der Waals surface area contributed by atoms with Crippen LogP contribution >= 0.6 is 0 Å². The van der Waals surface area contributed by atoms with Gasteiger partial charge in [0, 0.05) is 19.5 Å². The van der Waals surface area contributed by atoms with Crippen LogP contribution in [0.5, 0.6) is 0 Å². The van der Waals surface area contributed by atoms with Crippen LogP contribution in [0.15, 0.2) is 34.9 Å². The second-order valence-corrected chi connectivity index (χ2v) is 6.67. The van der Waals surface area contributed by atoms with Crippen molar-refractivity contribution in [3.05, 3.63) is 41.7 Å². The quantitative estimate of drug-likeness (QED) is 0.763. The van der Waals surface area contributed by atoms with Gasteiger partial charge in [0.2, 0.25) is 17.6 Å². The third-order valence-corrected chi connectivity index (χ3v) is 4.57. The van der Waals surface area contributed by atoms with Crippen molar-refractivity contribution in [3.63, 3.8) is 0 Å². The van der Waals surface area contributed by atoms with Crippen LogP contribution in [0.25, 0.3) is 11.6 Å². The molecule has 2 aromatic heterocycles. The van der Waals surface area contributed by atoms with E-state index >= 15 is 0 Å². The van der Waals surface area contributed by atoms with E-state index in [1.807, 2.05) is 30.3 Å². The first-order valence-electron chi connectivity index (χ1n) is 8.81. The van der Waals surface area contributed by atoms with Gasteiger partial charge in [-0.2, -0.15) is 15.0 Å². The lowest BCUT2D eigenvalue weighted by molar-refractivity contribution is 0.376. The van der Waals surface area contributed by atoms with Crippen LogP contribution in [-0.2, 0) is 6.42 Å². The number of hydrogen-bond acceptors (Lipinski definition) is 8. The number of nitrogens with zero attached hydrogens (tertiary/aromatic N) is 6. The van der Waals surface area contributed by atoms with E-state index in [4.69, 9.17) is 10.3 Å². The molecule has 3 heterocycles. The molecule has 0 saturated carbocycles. The van der Waals surface area contributed by atoms with E-state index in [2.05, 4.69) is 36.9 Å². The predicted octanol–water partition coefficient (Wildman–Crippen LogP) is 2.33. The van der Waals surface area contributed by atoms with E-state index in [-0.39, 0.29) is 5.95 Å². The summed E-state index contributed by atoms with van der Waals surface area (Å²) < 4.78 is 5.42. The Morgan fingerprint density at radius 2 is 1.81 bits per heavy atom. The minimum absolute atomic E-state index is 0.152. The molecule has 2 N–H and O–H groups in total. The molecule has 26 heavy (non-hydrogen) atoms. The van der Waals surface area contributed by atoms with Crippen molar-refractivity contribution in [1.82, 2.24) is 25.1 Å². The molecule has 8 heteroatoms. The Kier molecular flexibility index (Phi) is 4.47. The molecular weight excluding hydrogens is 330 g/mol. The molecule has 3 aromatic rings. The van der Waals surface area contributed by atoms with Crippen molar-refractivity contribution < 1.29 is 4.52 Å². The third-order valence-electron chi connectivity index (χ3n) is 4.57. The Bertz CT molecular complexity index is 872. The van der Waals surface area contributed by atoms with Crippen molar-refractivity contribution in [2.45, 2.75) is 26.2 Å². The van der Waals surface area contributed by atoms with Gasteiger partial charge < -0.3 is 15.2 Å². The standard InChI is InChI=1S/C18H21N7O/c1-12-7-9-25(10-8-12)18-23-16(24-26-18)15-20-14(21-17(19)22-15)11-13-5-3-2-4-6-13/h2-6,12H,7-11H2,1H3,(H2,19,20,21,22). The highest BCUT2D eigenvalue weighted by atomic mass is 16.5. The van der Waals surface area contributed by atoms with Crippen molar-refractivity contribution in [3.8, 4) is 11.6 Å². The lowest BCUT2D eigenvalue weighted by atomic mass is 10.00. The van der Waals surface area contributed by atoms with Gasteiger partial charge in [0.25, 0.3) is 0 Å². The fourth-order valence-electron chi connectivity index (χ4n) is 3.03. The predicted molar refractivity (Wildman–Crippen MR) is 97.4 cm³/mol. The van der Waals surface area contributed by atoms with Crippen LogP contribution in [0.1, 0.15) is 31.2 Å². The first-order chi connectivity index (χ1) is 12.7. The van der Waals surface area contributed by atoms with Gasteiger partial charge in [-0.05, 0) is 24.3 Å². The minimum Gasteiger partial charge on any atom is -0.368 e. The molecule has 1 aliphatic heterocycles. The number of hydrogen-bond donors (Lipinski definition) is 1. The Balaban J connectivity index is 1.56. The molecule has 8 nitrogen and oxygen atoms in total. The van der Waals surface area contributed by atoms with Crippen LogP contribution in [0.2, 0.25) is 0 Å². The largest absolute Gasteiger partial charge is 0.368 e. The highest BCUT2D eigenvalue weighted by molar-refractivity contribution is 5.47. The molecule has 1 saturated heterocycles. The summed E-state index contributed by atoms with van der Waals surface area (Å²) in [5, 5.41) is 4.03. The first kappa shape index (κ1) is 16.4. The van der Waals surface area contributed by atoms with Crippen molar-refractivity contribution >= 4 is 12.0 Å². The number of aromatic nitrogens is 5. The summed E-state index contributed by atoms with van der Waals surface area (Å²) in [5.74, 6) is 2.14. The third kappa shape index (κ3) is 3.63. The van der Waals surface area contributed by atoms with E-state index < -0.39 is 0 Å². The van der Waals surface area contributed by atoms with Gasteiger partial charge in [0.15, 0.2) is 0 Å². The number of benzene rings is 1. The fraction of sp³-hybridized carbons (Fsp3) is 0.389. The molecule has 0 bridgehead atoms. The van der Waals surface area contributed by atoms with Gasteiger partial charge in [-0.15, -0.1) is 0 Å². The number of nitrogens with two attached hydrogens (primary N) is 1. The van der Waals surface area contributed by atoms with Gasteiger partial charge in [0.05, 0.1) is 0 Å². The summed E-state index contributed by atoms with van der Waals surface area (Å²) >= 11 is 0. The first-order valence-corrected chi connectivity index (χ1v) is 8.81. The average Bonchev–Trinajstić information content (AvgIpc) is 3.13. The van der Waals surface area contributed by atoms with Crippen LogP contribution in [0, 0.1) is 5.92 Å². The molecule has 0 atom stereocenters. The summed E-state index contributed by atoms with van der Waals surface area (Å²) in [6, 6.07) is 10.5. The van der Waals surface area contributed by atoms with Crippen molar-refractivity contribution in [2.24, 2.45) is 5.92 Å². The van der Waals surface area contributed by atoms with Crippen molar-refractivity contribution in [2.75, 3.05) is 23.7 Å². The number of nitrogen functional groups attached to an aromatic ring is 1. The van der Waals surface area contributed by atoms with Crippen LogP contribution in [0.3, 0.4) is 0 Å². The SMILES string of the molecule is CC1CCN(c2nc(-c3nc(N)nc(Cc4ccccc4)n3)no2)CC1. The Hall–Kier alpha value is -3.03. The lowest BCUT2D eigenvalue weighted by Gasteiger charge is -2.28. The Labute approximate surface area is 151 Å². The monoisotopic (exact) mass is 351 g/mol. The molecule has 134 valence electrons. The van der Waals surface area contributed by atoms with E-state index in [1.54, 1.807) is 0 Å². The maximum Gasteiger partial charge on any atom is 0.324 e. The van der Waals surface area contributed by atoms with Crippen molar-refractivity contribution in [1.29, 1.82) is 0 Å². The van der Waals surface area contributed by atoms with Gasteiger partial charge in [-0.25, -0.2) is 4.98 Å². The maximum atomic E-state index is 5.86. The molecule has 4 rings (SSSR count). The molecule has 0 radical (unpaired) electrons. The number of rotatable bonds is 4. The molecule has 1 aromatic carbocycles. The normalized spacial score (nSPS) is 15.3. The van der Waals surface area contributed by atoms with Crippen LogP contribution in [-0.4, -0.2) is 38.2 Å². The van der Waals surface area contributed by atoms with Crippen LogP contribution < -0.4 is 10.6 Å². The molecule has 0 aliphatic carbocycles. The highest BCUT2D eigenvalue weighted by Crippen LogP contribution is 2.23. The summed E-state index contributed by atoms with van der Waals surface area (Å²) in [6.07, 6.45) is 2.81. The number of anilines is 2. The van der Waals surface area contributed by atoms with E-state index in [0.717, 1.165) is 37.4 Å². The van der Waals surface area contributed by atoms with Gasteiger partial charge >= 0.3 is 6.01 Å². The second kappa shape index (κ2) is 7.07. The molecule has 0 spiro atoms. The Morgan fingerprint density at radius 3 is 2.58 bits per heavy atom. The highest BCUT2D eigenvalue weighted by Gasteiger charge is 2.22. The smallest absolute Gasteiger partial charge is 0.324 e. The van der Waals surface area contributed by atoms with E-state index in [9.17, 15) is 0 Å². The van der Waals surface area contributed by atoms with E-state index in [0.29, 0.717) is 29.9 Å².